The Labute approximate surface area is 196 Å². The lowest BCUT2D eigenvalue weighted by Crippen LogP contribution is -2.63. The first-order valence-corrected chi connectivity index (χ1v) is 11.1. The largest absolute Gasteiger partial charge is 0.508 e. The molecule has 0 aliphatic carbocycles. The van der Waals surface area contributed by atoms with E-state index in [9.17, 15) is 14.3 Å². The number of hydrogen-bond acceptors (Lipinski definition) is 8. The highest BCUT2D eigenvalue weighted by Gasteiger charge is 2.54. The fourth-order valence-electron chi connectivity index (χ4n) is 4.66. The SMILES string of the molecule is CCCN1CC2(C1)CN(c1cc3c(Nc4ccc(O)c(C)c4F)ncnc3cc1OC)C(=O)O2. The maximum Gasteiger partial charge on any atom is 0.415 e. The van der Waals surface area contributed by atoms with Gasteiger partial charge < -0.3 is 19.9 Å². The number of aromatic nitrogens is 2. The van der Waals surface area contributed by atoms with Crippen LogP contribution in [0.4, 0.5) is 26.4 Å². The van der Waals surface area contributed by atoms with E-state index in [4.69, 9.17) is 9.47 Å². The minimum Gasteiger partial charge on any atom is -0.508 e. The summed E-state index contributed by atoms with van der Waals surface area (Å²) in [4.78, 5) is 25.3. The van der Waals surface area contributed by atoms with Crippen LogP contribution in [0.3, 0.4) is 0 Å². The van der Waals surface area contributed by atoms with Crippen LogP contribution in [0.1, 0.15) is 18.9 Å². The molecule has 2 aromatic carbocycles. The molecule has 10 heteroatoms. The van der Waals surface area contributed by atoms with Crippen LogP contribution in [0.25, 0.3) is 10.9 Å². The molecule has 1 aromatic heterocycles. The van der Waals surface area contributed by atoms with Crippen molar-refractivity contribution in [2.75, 3.05) is 43.5 Å². The van der Waals surface area contributed by atoms with Gasteiger partial charge >= 0.3 is 6.09 Å². The highest BCUT2D eigenvalue weighted by molar-refractivity contribution is 6.00. The summed E-state index contributed by atoms with van der Waals surface area (Å²) in [6.45, 7) is 6.40. The summed E-state index contributed by atoms with van der Waals surface area (Å²) in [6.07, 6.45) is 1.98. The number of fused-ring (bicyclic) bond motifs is 1. The van der Waals surface area contributed by atoms with E-state index < -0.39 is 17.5 Å². The van der Waals surface area contributed by atoms with E-state index in [-0.39, 0.29) is 17.0 Å². The Hall–Kier alpha value is -3.66. The van der Waals surface area contributed by atoms with Crippen molar-refractivity contribution in [2.24, 2.45) is 0 Å². The summed E-state index contributed by atoms with van der Waals surface area (Å²) in [7, 11) is 1.53. The highest BCUT2D eigenvalue weighted by Crippen LogP contribution is 2.41. The number of nitrogens with zero attached hydrogens (tertiary/aromatic N) is 4. The number of phenols is 1. The van der Waals surface area contributed by atoms with E-state index in [0.717, 1.165) is 13.0 Å². The Morgan fingerprint density at radius 2 is 2.06 bits per heavy atom. The number of anilines is 3. The van der Waals surface area contributed by atoms with E-state index in [1.807, 2.05) is 0 Å². The molecule has 1 amide bonds. The van der Waals surface area contributed by atoms with Crippen molar-refractivity contribution in [3.05, 3.63) is 42.0 Å². The molecular formula is C24H26FN5O4. The van der Waals surface area contributed by atoms with Crippen LogP contribution >= 0.6 is 0 Å². The van der Waals surface area contributed by atoms with E-state index >= 15 is 0 Å². The number of carbonyl (C=O) groups excluding carboxylic acids is 1. The van der Waals surface area contributed by atoms with Crippen molar-refractivity contribution in [1.29, 1.82) is 0 Å². The number of phenolic OH excluding ortho intramolecular Hbond substituents is 1. The lowest BCUT2D eigenvalue weighted by atomic mass is 9.93. The summed E-state index contributed by atoms with van der Waals surface area (Å²) in [6, 6.07) is 6.33. The van der Waals surface area contributed by atoms with E-state index in [0.29, 0.717) is 47.8 Å². The Bertz CT molecular complexity index is 1280. The maximum atomic E-state index is 14.7. The molecule has 0 unspecified atom stereocenters. The predicted molar refractivity (Wildman–Crippen MR) is 125 cm³/mol. The Morgan fingerprint density at radius 1 is 1.26 bits per heavy atom. The third-order valence-corrected chi connectivity index (χ3v) is 6.37. The van der Waals surface area contributed by atoms with Crippen LogP contribution < -0.4 is 15.0 Å². The number of carbonyl (C=O) groups is 1. The standard InChI is InChI=1S/C24H26FN5O4/c1-4-7-29-10-24(11-29)12-30(23(32)34-24)18-8-15-17(9-20(18)33-3)26-13-27-22(15)28-16-5-6-19(31)14(2)21(16)25/h5-6,8-9,13,31H,4,7,10-12H2,1-3H3,(H,26,27,28). The lowest BCUT2D eigenvalue weighted by molar-refractivity contribution is -0.0720. The Balaban J connectivity index is 1.51. The van der Waals surface area contributed by atoms with E-state index in [2.05, 4.69) is 27.1 Å². The van der Waals surface area contributed by atoms with Gasteiger partial charge in [0.2, 0.25) is 0 Å². The van der Waals surface area contributed by atoms with Crippen molar-refractivity contribution in [1.82, 2.24) is 14.9 Å². The molecule has 0 saturated carbocycles. The van der Waals surface area contributed by atoms with Gasteiger partial charge in [-0.3, -0.25) is 9.80 Å². The smallest absolute Gasteiger partial charge is 0.415 e. The number of halogens is 1. The first-order chi connectivity index (χ1) is 16.3. The molecule has 2 N–H and O–H groups in total. The summed E-state index contributed by atoms with van der Waals surface area (Å²) in [5.41, 5.74) is 0.874. The Morgan fingerprint density at radius 3 is 2.79 bits per heavy atom. The van der Waals surface area contributed by atoms with Gasteiger partial charge in [0.1, 0.15) is 23.6 Å². The zero-order valence-corrected chi connectivity index (χ0v) is 19.3. The molecule has 2 saturated heterocycles. The number of hydrogen-bond donors (Lipinski definition) is 2. The minimum atomic E-state index is -0.577. The predicted octanol–water partition coefficient (Wildman–Crippen LogP) is 3.96. The second-order valence-electron chi connectivity index (χ2n) is 8.81. The first kappa shape index (κ1) is 22.1. The molecule has 5 rings (SSSR count). The molecule has 9 nitrogen and oxygen atoms in total. The van der Waals surface area contributed by atoms with Crippen LogP contribution in [-0.4, -0.2) is 65.0 Å². The zero-order chi connectivity index (χ0) is 24.0. The second kappa shape index (κ2) is 8.28. The molecule has 3 heterocycles. The number of aromatic hydroxyl groups is 1. The van der Waals surface area contributed by atoms with E-state index in [1.165, 1.54) is 32.5 Å². The molecule has 178 valence electrons. The summed E-state index contributed by atoms with van der Waals surface area (Å²) in [5, 5.41) is 13.3. The number of ether oxygens (including phenoxy) is 2. The zero-order valence-electron chi connectivity index (χ0n) is 19.3. The van der Waals surface area contributed by atoms with Gasteiger partial charge in [-0.2, -0.15) is 0 Å². The number of rotatable bonds is 6. The molecule has 0 atom stereocenters. The number of likely N-dealkylation sites (tertiary alicyclic amines) is 1. The summed E-state index contributed by atoms with van der Waals surface area (Å²) in [5.74, 6) is 0.130. The fraction of sp³-hybridized carbons (Fsp3) is 0.375. The number of amides is 1. The first-order valence-electron chi connectivity index (χ1n) is 11.1. The average molecular weight is 468 g/mol. The van der Waals surface area contributed by atoms with Gasteiger partial charge in [-0.25, -0.2) is 19.2 Å². The molecule has 2 fully saturated rings. The molecular weight excluding hydrogens is 441 g/mol. The summed E-state index contributed by atoms with van der Waals surface area (Å²) < 4.78 is 26.0. The van der Waals surface area contributed by atoms with Gasteiger partial charge in [0.05, 0.1) is 30.5 Å². The van der Waals surface area contributed by atoms with Crippen molar-refractivity contribution in [3.8, 4) is 11.5 Å². The number of methoxy groups -OCH3 is 1. The Kier molecular flexibility index (Phi) is 5.40. The number of benzene rings is 2. The topological polar surface area (TPSA) is 100 Å². The molecule has 34 heavy (non-hydrogen) atoms. The molecule has 2 aliphatic rings. The monoisotopic (exact) mass is 467 g/mol. The molecule has 1 spiro atoms. The normalized spacial score (nSPS) is 17.2. The van der Waals surface area contributed by atoms with Gasteiger partial charge in [0.15, 0.2) is 11.4 Å². The molecule has 3 aromatic rings. The molecule has 0 radical (unpaired) electrons. The summed E-state index contributed by atoms with van der Waals surface area (Å²) >= 11 is 0. The van der Waals surface area contributed by atoms with Crippen LogP contribution in [0.2, 0.25) is 0 Å². The van der Waals surface area contributed by atoms with Gasteiger partial charge in [0.25, 0.3) is 0 Å². The molecule has 2 aliphatic heterocycles. The van der Waals surface area contributed by atoms with Crippen LogP contribution in [0, 0.1) is 12.7 Å². The number of nitrogens with one attached hydrogen (secondary N) is 1. The van der Waals surface area contributed by atoms with Crippen molar-refractivity contribution in [3.63, 3.8) is 0 Å². The molecule has 0 bridgehead atoms. The van der Waals surface area contributed by atoms with Crippen molar-refractivity contribution in [2.45, 2.75) is 25.9 Å². The fourth-order valence-corrected chi connectivity index (χ4v) is 4.66. The second-order valence-corrected chi connectivity index (χ2v) is 8.81. The third kappa shape index (κ3) is 3.63. The lowest BCUT2D eigenvalue weighted by Gasteiger charge is -2.45. The van der Waals surface area contributed by atoms with Gasteiger partial charge in [0, 0.05) is 30.1 Å². The quantitative estimate of drug-likeness (QED) is 0.526. The van der Waals surface area contributed by atoms with E-state index in [1.54, 1.807) is 17.0 Å². The van der Waals surface area contributed by atoms with Crippen molar-refractivity contribution >= 4 is 34.2 Å². The van der Waals surface area contributed by atoms with Gasteiger partial charge in [-0.15, -0.1) is 0 Å². The third-order valence-electron chi connectivity index (χ3n) is 6.37. The van der Waals surface area contributed by atoms with Gasteiger partial charge in [-0.1, -0.05) is 6.92 Å². The van der Waals surface area contributed by atoms with Crippen LogP contribution in [-0.2, 0) is 4.74 Å². The minimum absolute atomic E-state index is 0.127. The van der Waals surface area contributed by atoms with Gasteiger partial charge in [-0.05, 0) is 38.1 Å². The highest BCUT2D eigenvalue weighted by atomic mass is 19.1. The maximum absolute atomic E-state index is 14.7. The van der Waals surface area contributed by atoms with Crippen LogP contribution in [0.15, 0.2) is 30.6 Å². The average Bonchev–Trinajstić information content (AvgIpc) is 3.15. The van der Waals surface area contributed by atoms with Crippen molar-refractivity contribution < 1.29 is 23.8 Å². The van der Waals surface area contributed by atoms with Crippen LogP contribution in [0.5, 0.6) is 11.5 Å².